The van der Waals surface area contributed by atoms with E-state index in [0.29, 0.717) is 6.61 Å². The second kappa shape index (κ2) is 7.58. The van der Waals surface area contributed by atoms with Crippen molar-refractivity contribution in [1.82, 2.24) is 0 Å². The molecule has 0 fully saturated rings. The average molecular weight is 326 g/mol. The smallest absolute Gasteiger partial charge is 0.136 e. The van der Waals surface area contributed by atoms with E-state index in [1.54, 1.807) is 35.9 Å². The third kappa shape index (κ3) is 3.77. The Morgan fingerprint density at radius 2 is 1.95 bits per heavy atom. The summed E-state index contributed by atoms with van der Waals surface area (Å²) in [5.41, 5.74) is 0.0529. The van der Waals surface area contributed by atoms with E-state index < -0.39 is 11.7 Å². The van der Waals surface area contributed by atoms with E-state index in [0.717, 1.165) is 5.56 Å². The summed E-state index contributed by atoms with van der Waals surface area (Å²) in [6.45, 7) is 2.40. The van der Waals surface area contributed by atoms with Crippen LogP contribution < -0.4 is 0 Å². The Morgan fingerprint density at radius 3 is 2.57 bits per heavy atom. The van der Waals surface area contributed by atoms with Crippen LogP contribution >= 0.6 is 23.5 Å². The first kappa shape index (κ1) is 16.7. The van der Waals surface area contributed by atoms with E-state index >= 15 is 0 Å². The summed E-state index contributed by atoms with van der Waals surface area (Å²) in [6, 6.07) is 9.98. The topological polar surface area (TPSA) is 38.7 Å². The second-order valence-electron chi connectivity index (χ2n) is 5.05. The summed E-state index contributed by atoms with van der Waals surface area (Å²) in [6.07, 6.45) is 6.73. The van der Waals surface area contributed by atoms with Gasteiger partial charge in [-0.1, -0.05) is 30.3 Å². The number of thioether (sulfide) groups is 2. The minimum atomic E-state index is -1.04. The van der Waals surface area contributed by atoms with Crippen LogP contribution in [0.3, 0.4) is 0 Å². The number of aliphatic hydroxyl groups is 1. The number of benzene rings is 1. The summed E-state index contributed by atoms with van der Waals surface area (Å²) >= 11 is 3.26. The van der Waals surface area contributed by atoms with Crippen LogP contribution in [0, 0.1) is 0 Å². The molecule has 1 heterocycles. The van der Waals surface area contributed by atoms with Crippen molar-refractivity contribution in [3.63, 3.8) is 0 Å². The lowest BCUT2D eigenvalue weighted by molar-refractivity contribution is -0.143. The van der Waals surface area contributed by atoms with Crippen molar-refractivity contribution in [3.05, 3.63) is 48.2 Å². The highest BCUT2D eigenvalue weighted by atomic mass is 32.2. The van der Waals surface area contributed by atoms with Gasteiger partial charge < -0.3 is 14.6 Å². The summed E-state index contributed by atoms with van der Waals surface area (Å²) in [5.74, 6) is 0. The van der Waals surface area contributed by atoms with Crippen LogP contribution in [-0.2, 0) is 16.1 Å². The quantitative estimate of drug-likeness (QED) is 0.812. The lowest BCUT2D eigenvalue weighted by Gasteiger charge is -2.43. The van der Waals surface area contributed by atoms with Gasteiger partial charge >= 0.3 is 0 Å². The molecule has 5 heteroatoms. The van der Waals surface area contributed by atoms with Gasteiger partial charge in [0.25, 0.3) is 0 Å². The van der Waals surface area contributed by atoms with Gasteiger partial charge in [-0.15, -0.1) is 23.5 Å². The van der Waals surface area contributed by atoms with Gasteiger partial charge in [-0.2, -0.15) is 0 Å². The molecule has 116 valence electrons. The molecule has 1 aromatic carbocycles. The van der Waals surface area contributed by atoms with E-state index in [2.05, 4.69) is 0 Å². The Kier molecular flexibility index (Phi) is 6.05. The van der Waals surface area contributed by atoms with Crippen LogP contribution in [0.2, 0.25) is 0 Å². The molecule has 0 bridgehead atoms. The van der Waals surface area contributed by atoms with Gasteiger partial charge in [0, 0.05) is 0 Å². The highest BCUT2D eigenvalue weighted by Gasteiger charge is 2.47. The van der Waals surface area contributed by atoms with Gasteiger partial charge in [0.2, 0.25) is 0 Å². The Balaban J connectivity index is 2.14. The molecule has 21 heavy (non-hydrogen) atoms. The molecule has 0 saturated carbocycles. The van der Waals surface area contributed by atoms with Crippen LogP contribution in [0.25, 0.3) is 0 Å². The standard InChI is InChI=1S/C16H22O3S2/c1-12-14(19-11-13-7-5-4-6-8-13)16(17,9-10-18-12)15(20-2)21-3/h4-10,12,14-15,17H,11H2,1-3H3/t12-,14-,16+/m0/s1. The number of rotatable bonds is 6. The molecule has 1 N–H and O–H groups in total. The fourth-order valence-electron chi connectivity index (χ4n) is 2.53. The maximum Gasteiger partial charge on any atom is 0.136 e. The molecule has 0 spiro atoms. The second-order valence-corrected chi connectivity index (χ2v) is 7.24. The van der Waals surface area contributed by atoms with Crippen LogP contribution in [0.1, 0.15) is 12.5 Å². The van der Waals surface area contributed by atoms with Gasteiger partial charge in [-0.25, -0.2) is 0 Å². The van der Waals surface area contributed by atoms with Gasteiger partial charge in [-0.05, 0) is 31.1 Å². The molecule has 0 aromatic heterocycles. The van der Waals surface area contributed by atoms with Crippen molar-refractivity contribution in [2.45, 2.75) is 35.9 Å². The van der Waals surface area contributed by atoms with E-state index in [-0.39, 0.29) is 10.7 Å². The Labute approximate surface area is 135 Å². The molecule has 3 atom stereocenters. The van der Waals surface area contributed by atoms with Crippen molar-refractivity contribution in [1.29, 1.82) is 0 Å². The number of hydrogen-bond donors (Lipinski definition) is 1. The molecule has 1 aromatic rings. The van der Waals surface area contributed by atoms with Crippen molar-refractivity contribution in [2.24, 2.45) is 0 Å². The normalized spacial score (nSPS) is 28.6. The largest absolute Gasteiger partial charge is 0.496 e. The number of hydrogen-bond acceptors (Lipinski definition) is 5. The average Bonchev–Trinajstić information content (AvgIpc) is 2.49. The summed E-state index contributed by atoms with van der Waals surface area (Å²) in [5, 5.41) is 11.1. The Hall–Kier alpha value is -0.620. The van der Waals surface area contributed by atoms with Crippen LogP contribution in [0.4, 0.5) is 0 Å². The maximum absolute atomic E-state index is 11.1. The van der Waals surface area contributed by atoms with Crippen LogP contribution in [0.5, 0.6) is 0 Å². The molecule has 0 radical (unpaired) electrons. The fourth-order valence-corrected chi connectivity index (χ4v) is 4.48. The van der Waals surface area contributed by atoms with Crippen LogP contribution in [-0.4, -0.2) is 40.0 Å². The summed E-state index contributed by atoms with van der Waals surface area (Å²) < 4.78 is 11.6. The predicted molar refractivity (Wildman–Crippen MR) is 90.5 cm³/mol. The van der Waals surface area contributed by atoms with E-state index in [1.165, 1.54) is 0 Å². The molecular formula is C16H22O3S2. The lowest BCUT2D eigenvalue weighted by atomic mass is 9.92. The molecule has 3 nitrogen and oxygen atoms in total. The Bertz CT molecular complexity index is 462. The lowest BCUT2D eigenvalue weighted by Crippen LogP contribution is -2.56. The first-order chi connectivity index (χ1) is 10.1. The van der Waals surface area contributed by atoms with E-state index in [9.17, 15) is 5.11 Å². The third-order valence-electron chi connectivity index (χ3n) is 3.59. The zero-order chi connectivity index (χ0) is 15.3. The molecule has 1 aliphatic rings. The maximum atomic E-state index is 11.1. The summed E-state index contributed by atoms with van der Waals surface area (Å²) in [7, 11) is 0. The van der Waals surface area contributed by atoms with Crippen molar-refractivity contribution >= 4 is 23.5 Å². The highest BCUT2D eigenvalue weighted by molar-refractivity contribution is 8.16. The van der Waals surface area contributed by atoms with E-state index in [4.69, 9.17) is 9.47 Å². The predicted octanol–water partition coefficient (Wildman–Crippen LogP) is 3.29. The summed E-state index contributed by atoms with van der Waals surface area (Å²) in [4.78, 5) is 0. The number of ether oxygens (including phenoxy) is 2. The van der Waals surface area contributed by atoms with Crippen molar-refractivity contribution in [3.8, 4) is 0 Å². The van der Waals surface area contributed by atoms with Crippen molar-refractivity contribution < 1.29 is 14.6 Å². The molecule has 0 amide bonds. The van der Waals surface area contributed by atoms with Gasteiger partial charge in [0.05, 0.1) is 17.5 Å². The zero-order valence-corrected chi connectivity index (χ0v) is 14.2. The molecular weight excluding hydrogens is 304 g/mol. The molecule has 0 unspecified atom stereocenters. The fraction of sp³-hybridized carbons (Fsp3) is 0.500. The van der Waals surface area contributed by atoms with E-state index in [1.807, 2.05) is 49.8 Å². The van der Waals surface area contributed by atoms with Gasteiger partial charge in [0.1, 0.15) is 17.8 Å². The SMILES string of the molecule is CSC(SC)[C@@]1(O)C=CO[C@@H](C)[C@@H]1OCc1ccccc1. The third-order valence-corrected chi connectivity index (χ3v) is 6.35. The minimum Gasteiger partial charge on any atom is -0.496 e. The van der Waals surface area contributed by atoms with Gasteiger partial charge in [0.15, 0.2) is 0 Å². The highest BCUT2D eigenvalue weighted by Crippen LogP contribution is 2.39. The minimum absolute atomic E-state index is 0.000809. The zero-order valence-electron chi connectivity index (χ0n) is 12.6. The Morgan fingerprint density at radius 1 is 1.29 bits per heavy atom. The monoisotopic (exact) mass is 326 g/mol. The molecule has 0 saturated heterocycles. The van der Waals surface area contributed by atoms with Crippen molar-refractivity contribution in [2.75, 3.05) is 12.5 Å². The molecule has 1 aliphatic heterocycles. The van der Waals surface area contributed by atoms with Crippen LogP contribution in [0.15, 0.2) is 42.7 Å². The molecule has 2 rings (SSSR count). The first-order valence-corrected chi connectivity index (χ1v) is 9.46. The van der Waals surface area contributed by atoms with Gasteiger partial charge in [-0.3, -0.25) is 0 Å². The molecule has 0 aliphatic carbocycles. The first-order valence-electron chi connectivity index (χ1n) is 6.88.